The number of carbonyl (C=O) groups excluding carboxylic acids is 1. The lowest BCUT2D eigenvalue weighted by molar-refractivity contribution is 0.0635. The standard InChI is InChI=1S/C14H16N4O4/c1-14(2,3)22-13(21)15-11-10(12(19)20)16-17-18(11)9-7-5-4-6-8-9/h4-8H,1-3H3,(H,15,21)(H,19,20). The van der Waals surface area contributed by atoms with Crippen LogP contribution >= 0.6 is 0 Å². The molecule has 8 nitrogen and oxygen atoms in total. The molecule has 0 aliphatic carbocycles. The summed E-state index contributed by atoms with van der Waals surface area (Å²) in [6, 6.07) is 8.74. The summed E-state index contributed by atoms with van der Waals surface area (Å²) in [4.78, 5) is 23.1. The summed E-state index contributed by atoms with van der Waals surface area (Å²) < 4.78 is 6.35. The third kappa shape index (κ3) is 3.60. The molecule has 0 radical (unpaired) electrons. The lowest BCUT2D eigenvalue weighted by Gasteiger charge is -2.19. The Bertz CT molecular complexity index is 689. The summed E-state index contributed by atoms with van der Waals surface area (Å²) >= 11 is 0. The molecule has 22 heavy (non-hydrogen) atoms. The van der Waals surface area contributed by atoms with E-state index in [-0.39, 0.29) is 11.5 Å². The number of para-hydroxylation sites is 1. The van der Waals surface area contributed by atoms with Crippen molar-refractivity contribution in [2.24, 2.45) is 0 Å². The number of nitrogens with one attached hydrogen (secondary N) is 1. The highest BCUT2D eigenvalue weighted by molar-refractivity contribution is 5.96. The van der Waals surface area contributed by atoms with E-state index in [0.717, 1.165) is 0 Å². The van der Waals surface area contributed by atoms with Gasteiger partial charge in [-0.25, -0.2) is 9.59 Å². The summed E-state index contributed by atoms with van der Waals surface area (Å²) in [6.45, 7) is 5.12. The number of carbonyl (C=O) groups is 2. The van der Waals surface area contributed by atoms with Gasteiger partial charge in [-0.15, -0.1) is 5.10 Å². The molecule has 0 saturated carbocycles. The second-order valence-corrected chi connectivity index (χ2v) is 5.47. The number of carboxylic acids is 1. The van der Waals surface area contributed by atoms with Gasteiger partial charge in [0.1, 0.15) is 5.60 Å². The zero-order valence-electron chi connectivity index (χ0n) is 12.4. The second kappa shape index (κ2) is 5.84. The number of nitrogens with zero attached hydrogens (tertiary/aromatic N) is 3. The second-order valence-electron chi connectivity index (χ2n) is 5.47. The predicted molar refractivity (Wildman–Crippen MR) is 78.2 cm³/mol. The first-order chi connectivity index (χ1) is 10.3. The SMILES string of the molecule is CC(C)(C)OC(=O)Nc1c(C(=O)O)nnn1-c1ccccc1. The molecule has 2 rings (SSSR count). The molecular formula is C14H16N4O4. The molecule has 2 N–H and O–H groups in total. The van der Waals surface area contributed by atoms with E-state index in [1.807, 2.05) is 0 Å². The van der Waals surface area contributed by atoms with E-state index in [2.05, 4.69) is 15.6 Å². The summed E-state index contributed by atoms with van der Waals surface area (Å²) in [6.07, 6.45) is -0.783. The van der Waals surface area contributed by atoms with Crippen LogP contribution in [0.3, 0.4) is 0 Å². The summed E-state index contributed by atoms with van der Waals surface area (Å²) in [5.41, 5.74) is -0.512. The van der Waals surface area contributed by atoms with E-state index < -0.39 is 17.7 Å². The summed E-state index contributed by atoms with van der Waals surface area (Å²) in [5.74, 6) is -1.36. The highest BCUT2D eigenvalue weighted by Gasteiger charge is 2.24. The number of hydrogen-bond donors (Lipinski definition) is 2. The maximum Gasteiger partial charge on any atom is 0.413 e. The molecule has 116 valence electrons. The Kier molecular flexibility index (Phi) is 4.11. The molecule has 1 amide bonds. The molecule has 0 unspecified atom stereocenters. The van der Waals surface area contributed by atoms with Gasteiger partial charge in [-0.05, 0) is 32.9 Å². The number of aromatic nitrogens is 3. The van der Waals surface area contributed by atoms with Crippen LogP contribution in [0.1, 0.15) is 31.3 Å². The number of benzene rings is 1. The summed E-state index contributed by atoms with van der Waals surface area (Å²) in [7, 11) is 0. The Morgan fingerprint density at radius 2 is 1.86 bits per heavy atom. The van der Waals surface area contributed by atoms with Gasteiger partial charge >= 0.3 is 12.1 Å². The molecule has 8 heteroatoms. The van der Waals surface area contributed by atoms with Crippen molar-refractivity contribution in [1.29, 1.82) is 0 Å². The Morgan fingerprint density at radius 1 is 1.23 bits per heavy atom. The molecule has 0 aliphatic heterocycles. The Labute approximate surface area is 126 Å². The first kappa shape index (κ1) is 15.5. The van der Waals surface area contributed by atoms with Gasteiger partial charge in [-0.2, -0.15) is 4.68 Å². The predicted octanol–water partition coefficient (Wildman–Crippen LogP) is 2.31. The van der Waals surface area contributed by atoms with E-state index in [1.54, 1.807) is 51.1 Å². The van der Waals surface area contributed by atoms with E-state index in [4.69, 9.17) is 9.84 Å². The Balaban J connectivity index is 2.38. The highest BCUT2D eigenvalue weighted by atomic mass is 16.6. The lowest BCUT2D eigenvalue weighted by atomic mass is 10.2. The van der Waals surface area contributed by atoms with Crippen molar-refractivity contribution in [1.82, 2.24) is 15.0 Å². The number of hydrogen-bond acceptors (Lipinski definition) is 5. The lowest BCUT2D eigenvalue weighted by Crippen LogP contribution is -2.28. The fourth-order valence-corrected chi connectivity index (χ4v) is 1.69. The van der Waals surface area contributed by atoms with E-state index >= 15 is 0 Å². The van der Waals surface area contributed by atoms with Crippen molar-refractivity contribution < 1.29 is 19.4 Å². The minimum atomic E-state index is -1.30. The first-order valence-electron chi connectivity index (χ1n) is 6.52. The first-order valence-corrected chi connectivity index (χ1v) is 6.52. The van der Waals surface area contributed by atoms with Gasteiger partial charge in [0.25, 0.3) is 0 Å². The van der Waals surface area contributed by atoms with E-state index in [1.165, 1.54) is 4.68 Å². The topological polar surface area (TPSA) is 106 Å². The van der Waals surface area contributed by atoms with E-state index in [9.17, 15) is 9.59 Å². The fourth-order valence-electron chi connectivity index (χ4n) is 1.69. The minimum Gasteiger partial charge on any atom is -0.476 e. The van der Waals surface area contributed by atoms with Gasteiger partial charge < -0.3 is 9.84 Å². The third-order valence-corrected chi connectivity index (χ3v) is 2.49. The Hall–Kier alpha value is -2.90. The summed E-state index contributed by atoms with van der Waals surface area (Å²) in [5, 5.41) is 18.9. The number of ether oxygens (including phenoxy) is 1. The van der Waals surface area contributed by atoms with Gasteiger partial charge in [0, 0.05) is 0 Å². The number of rotatable bonds is 3. The number of aromatic carboxylic acids is 1. The van der Waals surface area contributed by atoms with Gasteiger partial charge in [-0.1, -0.05) is 23.4 Å². The zero-order valence-corrected chi connectivity index (χ0v) is 12.4. The van der Waals surface area contributed by atoms with Crippen LogP contribution < -0.4 is 5.32 Å². The van der Waals surface area contributed by atoms with Crippen molar-refractivity contribution >= 4 is 17.9 Å². The van der Waals surface area contributed by atoms with Crippen LogP contribution in [0.15, 0.2) is 30.3 Å². The van der Waals surface area contributed by atoms with Gasteiger partial charge in [0.15, 0.2) is 5.82 Å². The maximum atomic E-state index is 11.9. The molecule has 0 saturated heterocycles. The fraction of sp³-hybridized carbons (Fsp3) is 0.286. The molecular weight excluding hydrogens is 288 g/mol. The normalized spacial score (nSPS) is 11.0. The van der Waals surface area contributed by atoms with Gasteiger partial charge in [0.05, 0.1) is 5.69 Å². The van der Waals surface area contributed by atoms with Crippen LogP contribution in [0.5, 0.6) is 0 Å². The number of anilines is 1. The molecule has 0 bridgehead atoms. The van der Waals surface area contributed by atoms with Crippen molar-refractivity contribution in [2.45, 2.75) is 26.4 Å². The van der Waals surface area contributed by atoms with Gasteiger partial charge in [0.2, 0.25) is 5.69 Å². The van der Waals surface area contributed by atoms with Crippen LogP contribution in [0, 0.1) is 0 Å². The molecule has 1 aromatic carbocycles. The third-order valence-electron chi connectivity index (χ3n) is 2.49. The molecule has 2 aromatic rings. The van der Waals surface area contributed by atoms with Crippen LogP contribution in [-0.4, -0.2) is 37.8 Å². The molecule has 0 fully saturated rings. The van der Waals surface area contributed by atoms with Crippen molar-refractivity contribution in [3.63, 3.8) is 0 Å². The monoisotopic (exact) mass is 304 g/mol. The zero-order chi connectivity index (χ0) is 16.3. The number of amides is 1. The molecule has 1 aromatic heterocycles. The Morgan fingerprint density at radius 3 is 2.41 bits per heavy atom. The van der Waals surface area contributed by atoms with Crippen LogP contribution in [0.25, 0.3) is 5.69 Å². The average Bonchev–Trinajstić information content (AvgIpc) is 2.81. The van der Waals surface area contributed by atoms with Crippen molar-refractivity contribution in [3.05, 3.63) is 36.0 Å². The maximum absolute atomic E-state index is 11.9. The molecule has 1 heterocycles. The minimum absolute atomic E-state index is 0.0621. The largest absolute Gasteiger partial charge is 0.476 e. The molecule has 0 atom stereocenters. The van der Waals surface area contributed by atoms with Crippen LogP contribution in [0.4, 0.5) is 10.6 Å². The van der Waals surface area contributed by atoms with Gasteiger partial charge in [-0.3, -0.25) is 5.32 Å². The molecule has 0 aliphatic rings. The smallest absolute Gasteiger partial charge is 0.413 e. The quantitative estimate of drug-likeness (QED) is 0.901. The van der Waals surface area contributed by atoms with Crippen molar-refractivity contribution in [2.75, 3.05) is 5.32 Å². The highest BCUT2D eigenvalue weighted by Crippen LogP contribution is 2.19. The van der Waals surface area contributed by atoms with Crippen LogP contribution in [-0.2, 0) is 4.74 Å². The average molecular weight is 304 g/mol. The van der Waals surface area contributed by atoms with E-state index in [0.29, 0.717) is 5.69 Å². The molecule has 0 spiro atoms. The van der Waals surface area contributed by atoms with Crippen molar-refractivity contribution in [3.8, 4) is 5.69 Å². The number of carboxylic acid groups (broad SMARTS) is 1. The van der Waals surface area contributed by atoms with Crippen LogP contribution in [0.2, 0.25) is 0 Å².